The highest BCUT2D eigenvalue weighted by Crippen LogP contribution is 2.42. The minimum absolute atomic E-state index is 0.00284. The largest absolute Gasteiger partial charge is 0.493 e. The van der Waals surface area contributed by atoms with Crippen molar-refractivity contribution in [1.82, 2.24) is 19.6 Å². The second kappa shape index (κ2) is 23.4. The number of amides is 4. The predicted molar refractivity (Wildman–Crippen MR) is 316 cm³/mol. The van der Waals surface area contributed by atoms with E-state index >= 15 is 0 Å². The summed E-state index contributed by atoms with van der Waals surface area (Å²) in [4.78, 5) is 78.2. The van der Waals surface area contributed by atoms with Crippen molar-refractivity contribution in [2.24, 2.45) is 20.0 Å². The van der Waals surface area contributed by atoms with Gasteiger partial charge in [-0.05, 0) is 94.2 Å². The summed E-state index contributed by atoms with van der Waals surface area (Å²) in [6.07, 6.45) is 13.5. The first kappa shape index (κ1) is 55.1. The Morgan fingerprint density at radius 1 is 0.390 bits per heavy atom. The Morgan fingerprint density at radius 3 is 0.988 bits per heavy atom. The number of benzene rings is 4. The molecule has 0 spiro atoms. The molecule has 4 atom stereocenters. The lowest BCUT2D eigenvalue weighted by molar-refractivity contribution is 0.0769. The van der Waals surface area contributed by atoms with Gasteiger partial charge in [0.1, 0.15) is 11.5 Å². The van der Waals surface area contributed by atoms with E-state index in [9.17, 15) is 19.2 Å². The van der Waals surface area contributed by atoms with Gasteiger partial charge in [0, 0.05) is 81.7 Å². The molecule has 82 heavy (non-hydrogen) atoms. The van der Waals surface area contributed by atoms with Crippen molar-refractivity contribution in [3.05, 3.63) is 131 Å². The predicted octanol–water partition coefficient (Wildman–Crippen LogP) is 10.4. The fraction of sp³-hybridized carbons (Fsp3) is 0.375. The smallest absolute Gasteiger partial charge is 0.257 e. The highest BCUT2D eigenvalue weighted by molar-refractivity contribution is 6.06. The van der Waals surface area contributed by atoms with Gasteiger partial charge < -0.3 is 48.0 Å². The van der Waals surface area contributed by atoms with Crippen LogP contribution in [0.1, 0.15) is 104 Å². The summed E-state index contributed by atoms with van der Waals surface area (Å²) >= 11 is 0. The lowest BCUT2D eigenvalue weighted by Gasteiger charge is -2.20. The second-order valence-electron chi connectivity index (χ2n) is 22.0. The number of fused-ring (bicyclic) bond motifs is 8. The number of carbonyl (C=O) groups is 4. The van der Waals surface area contributed by atoms with Gasteiger partial charge in [-0.1, -0.05) is 48.6 Å². The van der Waals surface area contributed by atoms with Gasteiger partial charge >= 0.3 is 0 Å². The molecular weight excluding hydrogens is 1040 g/mol. The fourth-order valence-corrected chi connectivity index (χ4v) is 11.6. The number of hydrogen-bond donors (Lipinski definition) is 0. The molecule has 4 saturated heterocycles. The molecule has 4 fully saturated rings. The van der Waals surface area contributed by atoms with E-state index in [1.807, 2.05) is 72.8 Å². The van der Waals surface area contributed by atoms with Crippen molar-refractivity contribution in [2.75, 3.05) is 66.8 Å². The Kier molecular flexibility index (Phi) is 15.7. The molecule has 8 aliphatic heterocycles. The molecule has 424 valence electrons. The third kappa shape index (κ3) is 11.2. The zero-order valence-corrected chi connectivity index (χ0v) is 47.0. The first-order chi connectivity index (χ1) is 39.6. The molecule has 0 aliphatic carbocycles. The third-order valence-electron chi connectivity index (χ3n) is 15.9. The Morgan fingerprint density at radius 2 is 0.671 bits per heavy atom. The highest BCUT2D eigenvalue weighted by atomic mass is 16.5. The van der Waals surface area contributed by atoms with Crippen LogP contribution in [0.25, 0.3) is 0 Å². The van der Waals surface area contributed by atoms with Crippen LogP contribution in [-0.4, -0.2) is 159 Å². The first-order valence-electron chi connectivity index (χ1n) is 28.0. The molecule has 0 radical (unpaired) electrons. The summed E-state index contributed by atoms with van der Waals surface area (Å²) < 4.78 is 35.3. The van der Waals surface area contributed by atoms with Gasteiger partial charge in [-0.15, -0.1) is 0 Å². The average Bonchev–Trinajstić information content (AvgIpc) is 4.25. The van der Waals surface area contributed by atoms with Gasteiger partial charge in [0.15, 0.2) is 23.0 Å². The van der Waals surface area contributed by atoms with Crippen LogP contribution >= 0.6 is 0 Å². The van der Waals surface area contributed by atoms with E-state index in [0.717, 1.165) is 84.1 Å². The number of aryl methyl sites for hydroxylation is 2. The number of carbonyl (C=O) groups excluding carboxylic acids is 4. The van der Waals surface area contributed by atoms with Gasteiger partial charge in [-0.25, -0.2) is 0 Å². The van der Waals surface area contributed by atoms with Crippen LogP contribution in [0.4, 0.5) is 22.7 Å². The van der Waals surface area contributed by atoms with Crippen LogP contribution in [0.15, 0.2) is 117 Å². The van der Waals surface area contributed by atoms with Gasteiger partial charge in [0.05, 0.1) is 110 Å². The molecule has 8 aliphatic rings. The minimum atomic E-state index is -0.0811. The minimum Gasteiger partial charge on any atom is -0.493 e. The first-order valence-corrected chi connectivity index (χ1v) is 28.0. The van der Waals surface area contributed by atoms with Crippen LogP contribution in [0.2, 0.25) is 0 Å². The molecule has 18 nitrogen and oxygen atoms in total. The second-order valence-corrected chi connectivity index (χ2v) is 22.0. The standard InChI is InChI=1S/C33H36N4O5.C31H32N4O5/c1-20-10-23-16-34-27-14-29(22(3)12-25(27)32(38)36(23)18-20)41-8-6-5-7-9-42-31-15-28-26(13-30(31)40-4)33(39)37-19-21(2)11-24(37)17-35-28;1-18-8-21-14-32-25-12-27(20(3)10-23(25)30(36)34(21)16-18)39-6-5-7-40-29-13-26-24(11-28(29)38-4)31(37)35-17-19(2)9-22(35)15-33-26/h12-17,23-24H,1-2,5-11,18-19H2,3-4H3;10-15,21-22H,1-2,5-9,16-17H2,3-4H3/t23-,24-;21-,22-/m00/s1. The molecular formula is C64H68N8O10. The van der Waals surface area contributed by atoms with Crippen LogP contribution in [0.5, 0.6) is 34.5 Å². The van der Waals surface area contributed by atoms with Crippen molar-refractivity contribution in [3.63, 3.8) is 0 Å². The van der Waals surface area contributed by atoms with Crippen molar-refractivity contribution in [3.8, 4) is 34.5 Å². The zero-order chi connectivity index (χ0) is 57.3. The van der Waals surface area contributed by atoms with Crippen molar-refractivity contribution in [2.45, 2.75) is 89.4 Å². The zero-order valence-electron chi connectivity index (χ0n) is 47.0. The van der Waals surface area contributed by atoms with E-state index in [1.54, 1.807) is 48.3 Å². The number of methoxy groups -OCH3 is 2. The van der Waals surface area contributed by atoms with Gasteiger partial charge in [0.2, 0.25) is 0 Å². The van der Waals surface area contributed by atoms with Gasteiger partial charge in [-0.2, -0.15) is 0 Å². The molecule has 0 bridgehead atoms. The summed E-state index contributed by atoms with van der Waals surface area (Å²) in [7, 11) is 3.13. The number of hydrogen-bond acceptors (Lipinski definition) is 14. The normalized spacial score (nSPS) is 20.8. The molecule has 8 heterocycles. The molecule has 12 rings (SSSR count). The maximum atomic E-state index is 13.2. The number of rotatable bonds is 16. The molecule has 0 N–H and O–H groups in total. The third-order valence-corrected chi connectivity index (χ3v) is 15.9. The van der Waals surface area contributed by atoms with E-state index in [4.69, 9.17) is 28.4 Å². The van der Waals surface area contributed by atoms with E-state index in [-0.39, 0.29) is 47.8 Å². The molecule has 4 aromatic carbocycles. The highest BCUT2D eigenvalue weighted by Gasteiger charge is 2.38. The van der Waals surface area contributed by atoms with Crippen molar-refractivity contribution in [1.29, 1.82) is 0 Å². The molecule has 4 aromatic rings. The molecule has 0 aromatic heterocycles. The Hall–Kier alpha value is -8.80. The van der Waals surface area contributed by atoms with Gasteiger partial charge in [0.25, 0.3) is 23.6 Å². The quantitative estimate of drug-likeness (QED) is 0.0772. The van der Waals surface area contributed by atoms with Crippen LogP contribution in [-0.2, 0) is 0 Å². The van der Waals surface area contributed by atoms with Crippen molar-refractivity contribution < 1.29 is 47.6 Å². The Bertz CT molecular complexity index is 3470. The van der Waals surface area contributed by atoms with Gasteiger partial charge in [-0.3, -0.25) is 39.1 Å². The molecule has 0 unspecified atom stereocenters. The summed E-state index contributed by atoms with van der Waals surface area (Å²) in [5, 5.41) is 0. The van der Waals surface area contributed by atoms with E-state index in [0.29, 0.717) is 133 Å². The summed E-state index contributed by atoms with van der Waals surface area (Å²) in [5.41, 5.74) is 10.6. The monoisotopic (exact) mass is 1110 g/mol. The summed E-state index contributed by atoms with van der Waals surface area (Å²) in [5.74, 6) is 3.36. The molecule has 18 heteroatoms. The average molecular weight is 1110 g/mol. The number of nitrogens with zero attached hydrogens (tertiary/aromatic N) is 8. The van der Waals surface area contributed by atoms with Crippen LogP contribution in [0, 0.1) is 13.8 Å². The van der Waals surface area contributed by atoms with Crippen LogP contribution < -0.4 is 28.4 Å². The van der Waals surface area contributed by atoms with E-state index in [2.05, 4.69) is 46.3 Å². The van der Waals surface area contributed by atoms with Crippen LogP contribution in [0.3, 0.4) is 0 Å². The summed E-state index contributed by atoms with van der Waals surface area (Å²) in [6, 6.07) is 14.2. The molecule has 0 saturated carbocycles. The number of unbranched alkanes of at least 4 members (excludes halogenated alkanes) is 2. The maximum absolute atomic E-state index is 13.2. The number of ether oxygens (including phenoxy) is 6. The fourth-order valence-electron chi connectivity index (χ4n) is 11.6. The Labute approximate surface area is 477 Å². The van der Waals surface area contributed by atoms with Crippen molar-refractivity contribution >= 4 is 71.2 Å². The topological polar surface area (TPSA) is 186 Å². The molecule has 4 amide bonds. The lowest BCUT2D eigenvalue weighted by atomic mass is 10.1. The van der Waals surface area contributed by atoms with E-state index in [1.165, 1.54) is 0 Å². The van der Waals surface area contributed by atoms with E-state index < -0.39 is 0 Å². The summed E-state index contributed by atoms with van der Waals surface area (Å²) in [6.45, 7) is 24.1. The SMILES string of the molecule is C=C1C[C@H]2C=Nc3cc(OCCCCCOc4cc5c(cc4OC)C(=O)N4CC(=C)C[C@H]4C=N5)c(C)cc3C(=O)N2C1.C=C1C[C@H]2C=Nc3cc(OCCCOc4cc5c(cc4OC)C(=O)N4CC(=C)C[C@H]4C=N5)c(C)cc3C(=O)N2C1. The maximum Gasteiger partial charge on any atom is 0.257 e. The number of aliphatic imine (C=N–C) groups is 4. The Balaban J connectivity index is 0.000000172. The lowest BCUT2D eigenvalue weighted by Crippen LogP contribution is -2.35.